The number of aliphatic hydroxyl groups excluding tert-OH is 1. The number of nitrogens with one attached hydrogen (secondary N) is 2. The van der Waals surface area contributed by atoms with E-state index in [0.717, 1.165) is 32.4 Å². The zero-order valence-corrected chi connectivity index (χ0v) is 9.46. The van der Waals surface area contributed by atoms with Gasteiger partial charge in [-0.2, -0.15) is 0 Å². The molecule has 1 aliphatic heterocycles. The minimum atomic E-state index is -0.263. The fourth-order valence-electron chi connectivity index (χ4n) is 1.85. The van der Waals surface area contributed by atoms with Crippen LogP contribution in [0, 0.1) is 5.92 Å². The molecule has 2 atom stereocenters. The number of hydrogen-bond acceptors (Lipinski definition) is 3. The standard InChI is InChI=1S/C11H22N2O2/c1-9(14)3-2-5-13-11(15)7-10-4-6-12-8-10/h9-10,12,14H,2-8H2,1H3,(H,13,15). The fourth-order valence-corrected chi connectivity index (χ4v) is 1.85. The number of amides is 1. The van der Waals surface area contributed by atoms with Gasteiger partial charge in [0.05, 0.1) is 6.10 Å². The molecule has 2 unspecified atom stereocenters. The summed E-state index contributed by atoms with van der Waals surface area (Å²) in [5.41, 5.74) is 0. The average Bonchev–Trinajstić information content (AvgIpc) is 2.64. The number of hydrogen-bond donors (Lipinski definition) is 3. The van der Waals surface area contributed by atoms with Crippen molar-refractivity contribution in [2.45, 2.75) is 38.7 Å². The van der Waals surface area contributed by atoms with Gasteiger partial charge < -0.3 is 15.7 Å². The molecule has 0 spiro atoms. The zero-order valence-electron chi connectivity index (χ0n) is 9.46. The first-order valence-corrected chi connectivity index (χ1v) is 5.84. The van der Waals surface area contributed by atoms with Crippen LogP contribution < -0.4 is 10.6 Å². The molecule has 1 amide bonds. The highest BCUT2D eigenvalue weighted by Crippen LogP contribution is 2.11. The van der Waals surface area contributed by atoms with Crippen LogP contribution >= 0.6 is 0 Å². The van der Waals surface area contributed by atoms with E-state index in [1.54, 1.807) is 6.92 Å². The Bertz CT molecular complexity index is 189. The fraction of sp³-hybridized carbons (Fsp3) is 0.909. The summed E-state index contributed by atoms with van der Waals surface area (Å²) < 4.78 is 0. The molecule has 0 aromatic heterocycles. The zero-order chi connectivity index (χ0) is 11.1. The first kappa shape index (κ1) is 12.5. The van der Waals surface area contributed by atoms with Gasteiger partial charge in [-0.1, -0.05) is 0 Å². The average molecular weight is 214 g/mol. The van der Waals surface area contributed by atoms with E-state index in [1.807, 2.05) is 0 Å². The van der Waals surface area contributed by atoms with E-state index in [0.29, 0.717) is 18.9 Å². The van der Waals surface area contributed by atoms with Gasteiger partial charge in [0.2, 0.25) is 5.91 Å². The highest BCUT2D eigenvalue weighted by atomic mass is 16.3. The van der Waals surface area contributed by atoms with E-state index in [9.17, 15) is 4.79 Å². The summed E-state index contributed by atoms with van der Waals surface area (Å²) in [6, 6.07) is 0. The molecule has 88 valence electrons. The molecule has 4 nitrogen and oxygen atoms in total. The smallest absolute Gasteiger partial charge is 0.220 e. The third-order valence-electron chi connectivity index (χ3n) is 2.76. The van der Waals surface area contributed by atoms with Crippen molar-refractivity contribution in [1.82, 2.24) is 10.6 Å². The molecule has 0 aliphatic carbocycles. The predicted molar refractivity (Wildman–Crippen MR) is 59.5 cm³/mol. The third-order valence-corrected chi connectivity index (χ3v) is 2.76. The maximum absolute atomic E-state index is 11.4. The number of carbonyl (C=O) groups is 1. The lowest BCUT2D eigenvalue weighted by Gasteiger charge is -2.09. The molecule has 1 rings (SSSR count). The van der Waals surface area contributed by atoms with E-state index in [4.69, 9.17) is 5.11 Å². The maximum Gasteiger partial charge on any atom is 0.220 e. The van der Waals surface area contributed by atoms with Crippen LogP contribution in [0.5, 0.6) is 0 Å². The van der Waals surface area contributed by atoms with Crippen LogP contribution in [0.15, 0.2) is 0 Å². The second-order valence-corrected chi connectivity index (χ2v) is 4.40. The van der Waals surface area contributed by atoms with E-state index < -0.39 is 0 Å². The van der Waals surface area contributed by atoms with E-state index in [2.05, 4.69) is 10.6 Å². The van der Waals surface area contributed by atoms with Crippen molar-refractivity contribution >= 4 is 5.91 Å². The van der Waals surface area contributed by atoms with Crippen molar-refractivity contribution in [3.8, 4) is 0 Å². The number of aliphatic hydroxyl groups is 1. The van der Waals surface area contributed by atoms with Crippen LogP contribution in [-0.4, -0.2) is 36.8 Å². The van der Waals surface area contributed by atoms with Gasteiger partial charge in [0.1, 0.15) is 0 Å². The first-order valence-electron chi connectivity index (χ1n) is 5.84. The van der Waals surface area contributed by atoms with E-state index in [-0.39, 0.29) is 12.0 Å². The van der Waals surface area contributed by atoms with Crippen LogP contribution in [-0.2, 0) is 4.79 Å². The number of carbonyl (C=O) groups excluding carboxylic acids is 1. The van der Waals surface area contributed by atoms with Crippen LogP contribution in [0.1, 0.15) is 32.6 Å². The Balaban J connectivity index is 1.98. The quantitative estimate of drug-likeness (QED) is 0.556. The van der Waals surface area contributed by atoms with Crippen molar-refractivity contribution in [2.24, 2.45) is 5.92 Å². The topological polar surface area (TPSA) is 61.4 Å². The molecule has 1 saturated heterocycles. The van der Waals surface area contributed by atoms with Crippen LogP contribution in [0.25, 0.3) is 0 Å². The van der Waals surface area contributed by atoms with E-state index in [1.165, 1.54) is 0 Å². The summed E-state index contributed by atoms with van der Waals surface area (Å²) >= 11 is 0. The number of rotatable bonds is 6. The Morgan fingerprint density at radius 1 is 1.67 bits per heavy atom. The lowest BCUT2D eigenvalue weighted by Crippen LogP contribution is -2.27. The van der Waals surface area contributed by atoms with E-state index >= 15 is 0 Å². The molecule has 0 radical (unpaired) electrons. The minimum absolute atomic E-state index is 0.147. The molecular formula is C11H22N2O2. The molecule has 3 N–H and O–H groups in total. The van der Waals surface area contributed by atoms with Gasteiger partial charge in [-0.3, -0.25) is 4.79 Å². The van der Waals surface area contributed by atoms with Gasteiger partial charge >= 0.3 is 0 Å². The Hall–Kier alpha value is -0.610. The highest BCUT2D eigenvalue weighted by molar-refractivity contribution is 5.76. The molecule has 1 heterocycles. The predicted octanol–water partition coefficient (Wildman–Crippen LogP) is 0.263. The normalized spacial score (nSPS) is 22.7. The second-order valence-electron chi connectivity index (χ2n) is 4.40. The van der Waals surface area contributed by atoms with Crippen molar-refractivity contribution in [2.75, 3.05) is 19.6 Å². The van der Waals surface area contributed by atoms with Gasteiger partial charge in [0.15, 0.2) is 0 Å². The van der Waals surface area contributed by atoms with Gasteiger partial charge in [-0.15, -0.1) is 0 Å². The summed E-state index contributed by atoms with van der Waals surface area (Å²) in [7, 11) is 0. The molecule has 0 aromatic carbocycles. The van der Waals surface area contributed by atoms with Gasteiger partial charge in [0.25, 0.3) is 0 Å². The van der Waals surface area contributed by atoms with Gasteiger partial charge in [-0.25, -0.2) is 0 Å². The Morgan fingerprint density at radius 2 is 2.47 bits per heavy atom. The van der Waals surface area contributed by atoms with Crippen LogP contribution in [0.4, 0.5) is 0 Å². The summed E-state index contributed by atoms with van der Waals surface area (Å²) in [6.45, 7) is 4.47. The largest absolute Gasteiger partial charge is 0.393 e. The van der Waals surface area contributed by atoms with Crippen molar-refractivity contribution < 1.29 is 9.90 Å². The SMILES string of the molecule is CC(O)CCCNC(=O)CC1CCNC1. The first-order chi connectivity index (χ1) is 7.18. The lowest BCUT2D eigenvalue weighted by molar-refractivity contribution is -0.121. The minimum Gasteiger partial charge on any atom is -0.393 e. The van der Waals surface area contributed by atoms with Crippen molar-refractivity contribution in [3.63, 3.8) is 0 Å². The highest BCUT2D eigenvalue weighted by Gasteiger charge is 2.17. The van der Waals surface area contributed by atoms with Gasteiger partial charge in [-0.05, 0) is 45.2 Å². The van der Waals surface area contributed by atoms with Crippen LogP contribution in [0.3, 0.4) is 0 Å². The summed E-state index contributed by atoms with van der Waals surface area (Å²) in [5.74, 6) is 0.663. The summed E-state index contributed by atoms with van der Waals surface area (Å²) in [6.07, 6.45) is 3.10. The van der Waals surface area contributed by atoms with Crippen molar-refractivity contribution in [3.05, 3.63) is 0 Å². The molecule has 1 aliphatic rings. The Labute approximate surface area is 91.4 Å². The molecule has 1 fully saturated rings. The third kappa shape index (κ3) is 5.74. The van der Waals surface area contributed by atoms with Gasteiger partial charge in [0, 0.05) is 13.0 Å². The molecule has 0 saturated carbocycles. The van der Waals surface area contributed by atoms with Crippen LogP contribution in [0.2, 0.25) is 0 Å². The monoisotopic (exact) mass is 214 g/mol. The molecule has 0 bridgehead atoms. The van der Waals surface area contributed by atoms with Crippen molar-refractivity contribution in [1.29, 1.82) is 0 Å². The Morgan fingerprint density at radius 3 is 3.07 bits per heavy atom. The lowest BCUT2D eigenvalue weighted by atomic mass is 10.0. The second kappa shape index (κ2) is 6.80. The maximum atomic E-state index is 11.4. The molecule has 15 heavy (non-hydrogen) atoms. The Kier molecular flexibility index (Phi) is 5.65. The summed E-state index contributed by atoms with van der Waals surface area (Å²) in [4.78, 5) is 11.4. The molecule has 0 aromatic rings. The molecule has 4 heteroatoms. The summed E-state index contributed by atoms with van der Waals surface area (Å²) in [5, 5.41) is 15.2. The molecular weight excluding hydrogens is 192 g/mol.